The fourth-order valence-corrected chi connectivity index (χ4v) is 11.5. The molecule has 14 rings (SSSR count). The molecule has 0 saturated heterocycles. The highest BCUT2D eigenvalue weighted by Gasteiger charge is 2.28. The van der Waals surface area contributed by atoms with Gasteiger partial charge in [-0.1, -0.05) is 140 Å². The van der Waals surface area contributed by atoms with E-state index in [1.54, 1.807) is 11.3 Å². The van der Waals surface area contributed by atoms with Crippen molar-refractivity contribution in [2.24, 2.45) is 0 Å². The second-order valence-electron chi connectivity index (χ2n) is 16.8. The summed E-state index contributed by atoms with van der Waals surface area (Å²) >= 11 is 1.79. The molecule has 1 aliphatic rings. The minimum absolute atomic E-state index is 0.617. The van der Waals surface area contributed by atoms with Crippen molar-refractivity contribution in [3.63, 3.8) is 0 Å². The van der Waals surface area contributed by atoms with Crippen molar-refractivity contribution >= 4 is 91.9 Å². The molecule has 0 amide bonds. The zero-order valence-corrected chi connectivity index (χ0v) is 35.7. The van der Waals surface area contributed by atoms with Crippen molar-refractivity contribution in [2.45, 2.75) is 0 Å². The maximum atomic E-state index is 5.45. The Morgan fingerprint density at radius 3 is 1.89 bits per heavy atom. The van der Waals surface area contributed by atoms with Crippen molar-refractivity contribution in [2.75, 3.05) is 4.90 Å². The van der Waals surface area contributed by atoms with Gasteiger partial charge in [-0.2, -0.15) is 0 Å². The molecule has 3 aromatic heterocycles. The Bertz CT molecular complexity index is 4090. The van der Waals surface area contributed by atoms with Gasteiger partial charge in [0.25, 0.3) is 0 Å². The number of aromatic nitrogens is 4. The molecule has 4 heterocycles. The lowest BCUT2D eigenvalue weighted by molar-refractivity contribution is 1.08. The van der Waals surface area contributed by atoms with Crippen LogP contribution in [0.25, 0.3) is 115 Å². The van der Waals surface area contributed by atoms with E-state index in [0.717, 1.165) is 71.3 Å². The van der Waals surface area contributed by atoms with Gasteiger partial charge < -0.3 is 9.47 Å². The molecule has 0 atom stereocenters. The Morgan fingerprint density at radius 1 is 0.354 bits per heavy atom. The van der Waals surface area contributed by atoms with Crippen LogP contribution in [0.3, 0.4) is 0 Å². The minimum atomic E-state index is 0.617. The van der Waals surface area contributed by atoms with E-state index in [0.29, 0.717) is 17.5 Å². The molecule has 0 N–H and O–H groups in total. The van der Waals surface area contributed by atoms with E-state index in [2.05, 4.69) is 222 Å². The number of thiophene rings is 1. The van der Waals surface area contributed by atoms with Crippen LogP contribution < -0.4 is 4.90 Å². The van der Waals surface area contributed by atoms with Gasteiger partial charge >= 0.3 is 0 Å². The third kappa shape index (κ3) is 5.48. The lowest BCUT2D eigenvalue weighted by Crippen LogP contribution is -2.15. The summed E-state index contributed by atoms with van der Waals surface area (Å²) in [6.45, 7) is 0. The van der Waals surface area contributed by atoms with Crippen LogP contribution in [0.2, 0.25) is 0 Å². The number of nitrogens with zero attached hydrogens (tertiary/aromatic N) is 5. The first-order valence-corrected chi connectivity index (χ1v) is 22.8. The SMILES string of the molecule is c1ccc(-n2c3ccccc3c3cc(-c4nc(-c5cc(N6c7ccccc7-c7cccc8cccc6c78)c6ccccc6c5)nc(-c5cccc6c5sc5ccccc56)n4)ccc32)cc1. The van der Waals surface area contributed by atoms with Gasteiger partial charge in [-0.15, -0.1) is 11.3 Å². The smallest absolute Gasteiger partial charge is 0.165 e. The van der Waals surface area contributed by atoms with Crippen LogP contribution in [0.1, 0.15) is 0 Å². The van der Waals surface area contributed by atoms with Gasteiger partial charge in [0, 0.05) is 69.7 Å². The van der Waals surface area contributed by atoms with Crippen LogP contribution in [-0.4, -0.2) is 19.5 Å². The van der Waals surface area contributed by atoms with E-state index >= 15 is 0 Å². The molecule has 6 heteroatoms. The topological polar surface area (TPSA) is 46.8 Å². The zero-order chi connectivity index (χ0) is 42.6. The lowest BCUT2D eigenvalue weighted by atomic mass is 9.90. The van der Waals surface area contributed by atoms with Crippen LogP contribution >= 0.6 is 11.3 Å². The van der Waals surface area contributed by atoms with Crippen LogP contribution in [0.4, 0.5) is 17.1 Å². The zero-order valence-electron chi connectivity index (χ0n) is 34.9. The highest BCUT2D eigenvalue weighted by atomic mass is 32.1. The minimum Gasteiger partial charge on any atom is -0.309 e. The van der Waals surface area contributed by atoms with Gasteiger partial charge in [-0.3, -0.25) is 0 Å². The van der Waals surface area contributed by atoms with Gasteiger partial charge in [0.05, 0.1) is 28.1 Å². The first kappa shape index (κ1) is 36.1. The Hall–Kier alpha value is -8.45. The molecule has 0 radical (unpaired) electrons. The predicted molar refractivity (Wildman–Crippen MR) is 272 cm³/mol. The molecule has 1 aliphatic heterocycles. The molecule has 5 nitrogen and oxygen atoms in total. The number of hydrogen-bond acceptors (Lipinski definition) is 5. The molecular weight excluding hydrogens is 811 g/mol. The molecule has 65 heavy (non-hydrogen) atoms. The highest BCUT2D eigenvalue weighted by Crippen LogP contribution is 2.52. The van der Waals surface area contributed by atoms with E-state index in [-0.39, 0.29) is 0 Å². The summed E-state index contributed by atoms with van der Waals surface area (Å²) in [7, 11) is 0. The van der Waals surface area contributed by atoms with Gasteiger partial charge in [-0.25, -0.2) is 15.0 Å². The Balaban J connectivity index is 1.03. The Morgan fingerprint density at radius 2 is 0.985 bits per heavy atom. The summed E-state index contributed by atoms with van der Waals surface area (Å²) < 4.78 is 4.74. The highest BCUT2D eigenvalue weighted by molar-refractivity contribution is 7.26. The standard InChI is InChI=1S/C59H35N5S/c1-2-18-40(19-3-1)63-49-27-9-7-22-43(49)48-34-38(31-32-51(48)63)57-60-58(62-59(61-57)47-26-14-25-46-44-23-8-11-30-54(44)65-56(46)47)39-33-37-15-4-5-20-41(37)53(35-39)64-50-28-10-6-21-42(50)45-24-12-16-36-17-13-29-52(64)55(36)45/h1-35H. The summed E-state index contributed by atoms with van der Waals surface area (Å²) in [4.78, 5) is 18.7. The number of fused-ring (bicyclic) bond motifs is 9. The fourth-order valence-electron chi connectivity index (χ4n) is 10.3. The van der Waals surface area contributed by atoms with Crippen LogP contribution in [-0.2, 0) is 0 Å². The maximum absolute atomic E-state index is 5.45. The average molecular weight is 846 g/mol. The first-order chi connectivity index (χ1) is 32.2. The lowest BCUT2D eigenvalue weighted by Gasteiger charge is -2.34. The summed E-state index contributed by atoms with van der Waals surface area (Å²) in [6, 6.07) is 76.2. The predicted octanol–water partition coefficient (Wildman–Crippen LogP) is 16.1. The second kappa shape index (κ2) is 14.0. The molecular formula is C59H35N5S. The van der Waals surface area contributed by atoms with Crippen LogP contribution in [0.5, 0.6) is 0 Å². The van der Waals surface area contributed by atoms with E-state index in [1.165, 1.54) is 42.8 Å². The summed E-state index contributed by atoms with van der Waals surface area (Å²) in [6.07, 6.45) is 0. The monoisotopic (exact) mass is 845 g/mol. The number of benzene rings is 10. The fraction of sp³-hybridized carbons (Fsp3) is 0. The number of anilines is 3. The van der Waals surface area contributed by atoms with Gasteiger partial charge in [0.1, 0.15) is 0 Å². The number of rotatable bonds is 5. The molecule has 0 unspecified atom stereocenters. The molecule has 302 valence electrons. The quantitative estimate of drug-likeness (QED) is 0.173. The van der Waals surface area contributed by atoms with Crippen molar-refractivity contribution in [3.05, 3.63) is 212 Å². The summed E-state index contributed by atoms with van der Waals surface area (Å²) in [5.74, 6) is 1.88. The number of hydrogen-bond donors (Lipinski definition) is 0. The first-order valence-electron chi connectivity index (χ1n) is 21.9. The molecule has 0 saturated carbocycles. The maximum Gasteiger partial charge on any atom is 0.165 e. The van der Waals surface area contributed by atoms with E-state index in [4.69, 9.17) is 15.0 Å². The van der Waals surface area contributed by atoms with Crippen LogP contribution in [0.15, 0.2) is 212 Å². The van der Waals surface area contributed by atoms with Crippen molar-refractivity contribution < 1.29 is 0 Å². The molecule has 10 aromatic carbocycles. The molecule has 0 aliphatic carbocycles. The average Bonchev–Trinajstić information content (AvgIpc) is 3.92. The third-order valence-electron chi connectivity index (χ3n) is 13.1. The van der Waals surface area contributed by atoms with E-state index < -0.39 is 0 Å². The van der Waals surface area contributed by atoms with E-state index in [1.807, 2.05) is 0 Å². The third-order valence-corrected chi connectivity index (χ3v) is 14.3. The summed E-state index contributed by atoms with van der Waals surface area (Å²) in [5.41, 5.74) is 12.0. The molecule has 0 fully saturated rings. The Labute approximate surface area is 377 Å². The number of para-hydroxylation sites is 3. The summed E-state index contributed by atoms with van der Waals surface area (Å²) in [5, 5.41) is 9.47. The van der Waals surface area contributed by atoms with E-state index in [9.17, 15) is 0 Å². The van der Waals surface area contributed by atoms with Gasteiger partial charge in [0.15, 0.2) is 17.5 Å². The largest absolute Gasteiger partial charge is 0.309 e. The molecule has 0 bridgehead atoms. The van der Waals surface area contributed by atoms with Crippen LogP contribution in [0, 0.1) is 0 Å². The van der Waals surface area contributed by atoms with Gasteiger partial charge in [0.2, 0.25) is 0 Å². The molecule has 13 aromatic rings. The second-order valence-corrected chi connectivity index (χ2v) is 17.8. The van der Waals surface area contributed by atoms with Crippen molar-refractivity contribution in [1.29, 1.82) is 0 Å². The molecule has 0 spiro atoms. The van der Waals surface area contributed by atoms with Crippen molar-refractivity contribution in [3.8, 4) is 51.0 Å². The van der Waals surface area contributed by atoms with Gasteiger partial charge in [-0.05, 0) is 89.1 Å². The Kier molecular flexibility index (Phi) is 7.79. The normalized spacial score (nSPS) is 12.3. The van der Waals surface area contributed by atoms with Crippen molar-refractivity contribution in [1.82, 2.24) is 19.5 Å².